The van der Waals surface area contributed by atoms with E-state index in [0.29, 0.717) is 11.4 Å². The Morgan fingerprint density at radius 3 is 2.61 bits per heavy atom. The molecule has 1 saturated carbocycles. The molecule has 3 aromatic rings. The molecule has 4 nitrogen and oxygen atoms in total. The van der Waals surface area contributed by atoms with Crippen molar-refractivity contribution in [1.82, 2.24) is 14.2 Å². The Morgan fingerprint density at radius 2 is 1.96 bits per heavy atom. The zero-order valence-corrected chi connectivity index (χ0v) is 13.4. The molecule has 2 heterocycles. The average Bonchev–Trinajstić information content (AvgIpc) is 2.98. The minimum atomic E-state index is 0.0586. The highest BCUT2D eigenvalue weighted by molar-refractivity contribution is 5.65. The molecule has 1 aromatic carbocycles. The second-order valence-electron chi connectivity index (χ2n) is 6.46. The Hall–Kier alpha value is -2.36. The molecule has 1 aliphatic rings. The normalized spacial score (nSPS) is 15.0. The third-order valence-corrected chi connectivity index (χ3v) is 4.94. The van der Waals surface area contributed by atoms with Gasteiger partial charge in [-0.3, -0.25) is 4.79 Å². The summed E-state index contributed by atoms with van der Waals surface area (Å²) in [5.41, 5.74) is 3.92. The van der Waals surface area contributed by atoms with E-state index in [4.69, 9.17) is 0 Å². The topological polar surface area (TPSA) is 39.3 Å². The van der Waals surface area contributed by atoms with Crippen LogP contribution in [-0.2, 0) is 13.0 Å². The fourth-order valence-corrected chi connectivity index (χ4v) is 3.18. The van der Waals surface area contributed by atoms with Gasteiger partial charge in [0.25, 0.3) is 5.56 Å². The number of fused-ring (bicyclic) bond motifs is 1. The van der Waals surface area contributed by atoms with Crippen molar-refractivity contribution < 1.29 is 0 Å². The molecular weight excluding hydrogens is 286 g/mol. The highest BCUT2D eigenvalue weighted by Gasteiger charge is 2.19. The van der Waals surface area contributed by atoms with Crippen LogP contribution >= 0.6 is 0 Å². The van der Waals surface area contributed by atoms with Crippen molar-refractivity contribution in [2.75, 3.05) is 0 Å². The molecular formula is C19H21N3O. The molecule has 4 rings (SSSR count). The minimum absolute atomic E-state index is 0.0586. The van der Waals surface area contributed by atoms with Crippen LogP contribution in [0.25, 0.3) is 16.8 Å². The first-order valence-electron chi connectivity index (χ1n) is 8.43. The maximum absolute atomic E-state index is 12.7. The van der Waals surface area contributed by atoms with Gasteiger partial charge in [-0.15, -0.1) is 0 Å². The summed E-state index contributed by atoms with van der Waals surface area (Å²) in [6.07, 6.45) is 8.56. The first-order chi connectivity index (χ1) is 11.2. The van der Waals surface area contributed by atoms with Crippen LogP contribution in [0.3, 0.4) is 0 Å². The number of nitrogens with zero attached hydrogens (tertiary/aromatic N) is 3. The maximum atomic E-state index is 12.7. The summed E-state index contributed by atoms with van der Waals surface area (Å²) in [4.78, 5) is 12.7. The molecule has 0 bridgehead atoms. The average molecular weight is 307 g/mol. The highest BCUT2D eigenvalue weighted by Crippen LogP contribution is 2.27. The number of hydrogen-bond donors (Lipinski definition) is 0. The molecule has 1 fully saturated rings. The van der Waals surface area contributed by atoms with Crippen molar-refractivity contribution in [2.24, 2.45) is 5.92 Å². The Morgan fingerprint density at radius 1 is 1.17 bits per heavy atom. The van der Waals surface area contributed by atoms with Gasteiger partial charge < -0.3 is 4.57 Å². The van der Waals surface area contributed by atoms with Gasteiger partial charge in [0.2, 0.25) is 0 Å². The highest BCUT2D eigenvalue weighted by atomic mass is 16.1. The van der Waals surface area contributed by atoms with Gasteiger partial charge in [-0.1, -0.05) is 37.6 Å². The van der Waals surface area contributed by atoms with Crippen LogP contribution < -0.4 is 5.56 Å². The van der Waals surface area contributed by atoms with Crippen molar-refractivity contribution in [2.45, 2.75) is 39.2 Å². The summed E-state index contributed by atoms with van der Waals surface area (Å²) in [5.74, 6) is 0.666. The minimum Gasteiger partial charge on any atom is -0.312 e. The molecule has 118 valence electrons. The molecule has 0 unspecified atom stereocenters. The Bertz CT molecular complexity index is 885. The Labute approximate surface area is 135 Å². The van der Waals surface area contributed by atoms with Crippen LogP contribution in [0.5, 0.6) is 0 Å². The lowest BCUT2D eigenvalue weighted by Crippen LogP contribution is -2.27. The monoisotopic (exact) mass is 307 g/mol. The molecule has 0 N–H and O–H groups in total. The maximum Gasteiger partial charge on any atom is 0.276 e. The molecule has 23 heavy (non-hydrogen) atoms. The van der Waals surface area contributed by atoms with Gasteiger partial charge in [0.1, 0.15) is 5.52 Å². The van der Waals surface area contributed by atoms with Crippen molar-refractivity contribution in [3.05, 3.63) is 58.6 Å². The van der Waals surface area contributed by atoms with Gasteiger partial charge in [-0.2, -0.15) is 5.10 Å². The van der Waals surface area contributed by atoms with E-state index < -0.39 is 0 Å². The van der Waals surface area contributed by atoms with E-state index in [9.17, 15) is 4.79 Å². The number of rotatable bonds is 4. The zero-order valence-electron chi connectivity index (χ0n) is 13.4. The molecule has 0 atom stereocenters. The molecule has 0 amide bonds. The van der Waals surface area contributed by atoms with E-state index >= 15 is 0 Å². The number of aryl methyl sites for hydroxylation is 1. The third kappa shape index (κ3) is 2.58. The van der Waals surface area contributed by atoms with Crippen molar-refractivity contribution in [3.63, 3.8) is 0 Å². The lowest BCUT2D eigenvalue weighted by atomic mass is 9.85. The summed E-state index contributed by atoms with van der Waals surface area (Å²) >= 11 is 0. The predicted molar refractivity (Wildman–Crippen MR) is 91.6 cm³/mol. The number of hydrogen-bond acceptors (Lipinski definition) is 2. The molecule has 0 spiro atoms. The zero-order chi connectivity index (χ0) is 15.8. The van der Waals surface area contributed by atoms with E-state index in [0.717, 1.165) is 24.2 Å². The van der Waals surface area contributed by atoms with Crippen molar-refractivity contribution >= 4 is 5.52 Å². The molecule has 4 heteroatoms. The van der Waals surface area contributed by atoms with Crippen LogP contribution in [0.4, 0.5) is 0 Å². The van der Waals surface area contributed by atoms with Gasteiger partial charge in [-0.25, -0.2) is 4.52 Å². The SMILES string of the molecule is CCc1ccc(-c2cc3c(=O)n(CC4CCC4)ccn3n2)cc1. The van der Waals surface area contributed by atoms with Gasteiger partial charge in [-0.05, 0) is 36.8 Å². The van der Waals surface area contributed by atoms with E-state index in [1.165, 1.54) is 24.8 Å². The standard InChI is InChI=1S/C19H21N3O/c1-2-14-6-8-16(9-7-14)17-12-18-19(23)21(10-11-22(18)20-17)13-15-4-3-5-15/h6-12,15H,2-5,13H2,1H3. The fraction of sp³-hybridized carbons (Fsp3) is 0.368. The van der Waals surface area contributed by atoms with Crippen LogP contribution in [0, 0.1) is 5.92 Å². The Balaban J connectivity index is 1.71. The van der Waals surface area contributed by atoms with Gasteiger partial charge >= 0.3 is 0 Å². The molecule has 0 aliphatic heterocycles. The van der Waals surface area contributed by atoms with Gasteiger partial charge in [0, 0.05) is 24.5 Å². The second-order valence-corrected chi connectivity index (χ2v) is 6.46. The van der Waals surface area contributed by atoms with E-state index in [2.05, 4.69) is 36.3 Å². The van der Waals surface area contributed by atoms with E-state index in [-0.39, 0.29) is 5.56 Å². The lowest BCUT2D eigenvalue weighted by Gasteiger charge is -2.25. The van der Waals surface area contributed by atoms with Crippen LogP contribution in [0.2, 0.25) is 0 Å². The lowest BCUT2D eigenvalue weighted by molar-refractivity contribution is 0.274. The largest absolute Gasteiger partial charge is 0.312 e. The van der Waals surface area contributed by atoms with Crippen molar-refractivity contribution in [3.8, 4) is 11.3 Å². The van der Waals surface area contributed by atoms with Gasteiger partial charge in [0.15, 0.2) is 0 Å². The number of benzene rings is 1. The fourth-order valence-electron chi connectivity index (χ4n) is 3.18. The molecule has 2 aromatic heterocycles. The third-order valence-electron chi connectivity index (χ3n) is 4.94. The number of aromatic nitrogens is 3. The van der Waals surface area contributed by atoms with Gasteiger partial charge in [0.05, 0.1) is 5.69 Å². The first kappa shape index (κ1) is 14.2. The quantitative estimate of drug-likeness (QED) is 0.740. The first-order valence-corrected chi connectivity index (χ1v) is 8.43. The van der Waals surface area contributed by atoms with Crippen LogP contribution in [0.1, 0.15) is 31.7 Å². The molecule has 0 radical (unpaired) electrons. The molecule has 0 saturated heterocycles. The van der Waals surface area contributed by atoms with E-state index in [1.54, 1.807) is 4.52 Å². The summed E-state index contributed by atoms with van der Waals surface area (Å²) in [5, 5.41) is 4.56. The smallest absolute Gasteiger partial charge is 0.276 e. The summed E-state index contributed by atoms with van der Waals surface area (Å²) in [7, 11) is 0. The summed E-state index contributed by atoms with van der Waals surface area (Å²) < 4.78 is 3.54. The Kier molecular flexibility index (Phi) is 3.52. The predicted octanol–water partition coefficient (Wildman–Crippen LogP) is 3.53. The van der Waals surface area contributed by atoms with Crippen LogP contribution in [0.15, 0.2) is 47.5 Å². The summed E-state index contributed by atoms with van der Waals surface area (Å²) in [6, 6.07) is 10.3. The van der Waals surface area contributed by atoms with Crippen molar-refractivity contribution in [1.29, 1.82) is 0 Å². The summed E-state index contributed by atoms with van der Waals surface area (Å²) in [6.45, 7) is 2.98. The van der Waals surface area contributed by atoms with Crippen LogP contribution in [-0.4, -0.2) is 14.2 Å². The van der Waals surface area contributed by atoms with E-state index in [1.807, 2.05) is 23.0 Å². The second kappa shape index (κ2) is 5.69. The molecule has 1 aliphatic carbocycles.